The fourth-order valence-corrected chi connectivity index (χ4v) is 1.35. The van der Waals surface area contributed by atoms with Crippen LogP contribution in [0.5, 0.6) is 5.88 Å². The number of carbonyl (C=O) groups is 1. The molecule has 0 bridgehead atoms. The summed E-state index contributed by atoms with van der Waals surface area (Å²) < 4.78 is 40.4. The van der Waals surface area contributed by atoms with Crippen LogP contribution in [0.2, 0.25) is 0 Å². The first-order valence-corrected chi connectivity index (χ1v) is 6.61. The monoisotopic (exact) mass is 320 g/mol. The molecule has 0 saturated heterocycles. The predicted molar refractivity (Wildman–Crippen MR) is 73.6 cm³/mol. The van der Waals surface area contributed by atoms with Gasteiger partial charge >= 0.3 is 6.18 Å². The van der Waals surface area contributed by atoms with Gasteiger partial charge in [-0.3, -0.25) is 4.79 Å². The summed E-state index contributed by atoms with van der Waals surface area (Å²) in [6.45, 7) is 4.12. The van der Waals surface area contributed by atoms with Gasteiger partial charge in [-0.05, 0) is 11.5 Å². The van der Waals surface area contributed by atoms with E-state index in [1.165, 1.54) is 12.1 Å². The summed E-state index contributed by atoms with van der Waals surface area (Å²) >= 11 is 0. The van der Waals surface area contributed by atoms with Gasteiger partial charge in [-0.2, -0.15) is 13.2 Å². The molecular formula is C14H19F3N2O3. The van der Waals surface area contributed by atoms with E-state index in [4.69, 9.17) is 0 Å². The zero-order valence-electron chi connectivity index (χ0n) is 12.6. The standard InChI is InChI=1S/C14H19F3N2O3/c1-13(2,3)10(20)7-19-12(21)9-4-5-11(18-6-9)22-8-14(15,16)17/h4-6,10,20H,7-8H2,1-3H3,(H,19,21). The molecule has 124 valence electrons. The first kappa shape index (κ1) is 18.2. The molecule has 2 N–H and O–H groups in total. The number of halogens is 3. The van der Waals surface area contributed by atoms with Crippen LogP contribution in [0, 0.1) is 5.41 Å². The highest BCUT2D eigenvalue weighted by atomic mass is 19.4. The minimum absolute atomic E-state index is 0.0641. The van der Waals surface area contributed by atoms with Crippen LogP contribution in [-0.2, 0) is 0 Å². The molecule has 0 saturated carbocycles. The summed E-state index contributed by atoms with van der Waals surface area (Å²) in [5, 5.41) is 12.3. The SMILES string of the molecule is CC(C)(C)C(O)CNC(=O)c1ccc(OCC(F)(F)F)nc1. The quantitative estimate of drug-likeness (QED) is 0.872. The number of rotatable bonds is 5. The zero-order valence-corrected chi connectivity index (χ0v) is 12.6. The third kappa shape index (κ3) is 6.30. The summed E-state index contributed by atoms with van der Waals surface area (Å²) in [5.41, 5.74) is -0.207. The number of aliphatic hydroxyl groups is 1. The van der Waals surface area contributed by atoms with E-state index in [0.717, 1.165) is 6.20 Å². The van der Waals surface area contributed by atoms with Crippen LogP contribution in [-0.4, -0.2) is 41.4 Å². The second-order valence-electron chi connectivity index (χ2n) is 5.88. The maximum absolute atomic E-state index is 12.0. The molecule has 1 rings (SSSR count). The second-order valence-corrected chi connectivity index (χ2v) is 5.88. The van der Waals surface area contributed by atoms with Crippen LogP contribution in [0.15, 0.2) is 18.3 Å². The van der Waals surface area contributed by atoms with Gasteiger partial charge in [-0.25, -0.2) is 4.98 Å². The smallest absolute Gasteiger partial charge is 0.422 e. The van der Waals surface area contributed by atoms with Crippen molar-refractivity contribution in [1.82, 2.24) is 10.3 Å². The molecule has 1 unspecified atom stereocenters. The van der Waals surface area contributed by atoms with Crippen molar-refractivity contribution >= 4 is 5.91 Å². The highest BCUT2D eigenvalue weighted by molar-refractivity contribution is 5.93. The molecule has 0 aliphatic heterocycles. The number of carbonyl (C=O) groups excluding carboxylic acids is 1. The van der Waals surface area contributed by atoms with Gasteiger partial charge in [0.15, 0.2) is 6.61 Å². The van der Waals surface area contributed by atoms with Crippen molar-refractivity contribution in [3.63, 3.8) is 0 Å². The van der Waals surface area contributed by atoms with E-state index in [1.54, 1.807) is 0 Å². The molecule has 1 heterocycles. The van der Waals surface area contributed by atoms with E-state index < -0.39 is 24.8 Å². The molecule has 0 radical (unpaired) electrons. The number of nitrogens with one attached hydrogen (secondary N) is 1. The van der Waals surface area contributed by atoms with Gasteiger partial charge in [0.2, 0.25) is 5.88 Å². The number of nitrogens with zero attached hydrogens (tertiary/aromatic N) is 1. The molecule has 1 amide bonds. The lowest BCUT2D eigenvalue weighted by atomic mass is 9.89. The molecule has 5 nitrogen and oxygen atoms in total. The second kappa shape index (κ2) is 6.95. The van der Waals surface area contributed by atoms with Crippen molar-refractivity contribution in [2.24, 2.45) is 5.41 Å². The average Bonchev–Trinajstić information content (AvgIpc) is 2.40. The van der Waals surface area contributed by atoms with Gasteiger partial charge in [-0.1, -0.05) is 20.8 Å². The molecule has 0 aliphatic rings. The fourth-order valence-electron chi connectivity index (χ4n) is 1.35. The van der Waals surface area contributed by atoms with E-state index in [0.29, 0.717) is 0 Å². The Morgan fingerprint density at radius 3 is 2.45 bits per heavy atom. The summed E-state index contributed by atoms with van der Waals surface area (Å²) in [6.07, 6.45) is -4.05. The molecule has 8 heteroatoms. The van der Waals surface area contributed by atoms with Gasteiger partial charge in [-0.15, -0.1) is 0 Å². The van der Waals surface area contributed by atoms with Crippen molar-refractivity contribution in [1.29, 1.82) is 0 Å². The number of hydrogen-bond donors (Lipinski definition) is 2. The number of amides is 1. The Bertz CT molecular complexity index is 496. The summed E-state index contributed by atoms with van der Waals surface area (Å²) in [7, 11) is 0. The maximum atomic E-state index is 12.0. The van der Waals surface area contributed by atoms with Crippen LogP contribution in [0.3, 0.4) is 0 Å². The molecule has 1 aromatic rings. The number of aromatic nitrogens is 1. The molecule has 0 spiro atoms. The van der Waals surface area contributed by atoms with Gasteiger partial charge in [0.05, 0.1) is 11.7 Å². The van der Waals surface area contributed by atoms with Crippen molar-refractivity contribution in [2.75, 3.05) is 13.2 Å². The Kier molecular flexibility index (Phi) is 5.76. The third-order valence-electron chi connectivity index (χ3n) is 2.84. The third-order valence-corrected chi connectivity index (χ3v) is 2.84. The van der Waals surface area contributed by atoms with Gasteiger partial charge in [0.1, 0.15) is 0 Å². The van der Waals surface area contributed by atoms with Crippen molar-refractivity contribution in [3.05, 3.63) is 23.9 Å². The topological polar surface area (TPSA) is 71.5 Å². The Labute approximate surface area is 126 Å². The first-order chi connectivity index (χ1) is 9.99. The zero-order chi connectivity index (χ0) is 17.0. The molecule has 0 fully saturated rings. The van der Waals surface area contributed by atoms with Gasteiger partial charge in [0, 0.05) is 18.8 Å². The van der Waals surface area contributed by atoms with E-state index in [-0.39, 0.29) is 23.4 Å². The van der Waals surface area contributed by atoms with Crippen molar-refractivity contribution < 1.29 is 27.8 Å². The van der Waals surface area contributed by atoms with Crippen molar-refractivity contribution in [2.45, 2.75) is 33.1 Å². The van der Waals surface area contributed by atoms with Gasteiger partial charge in [0.25, 0.3) is 5.91 Å². The summed E-state index contributed by atoms with van der Waals surface area (Å²) in [4.78, 5) is 15.5. The van der Waals surface area contributed by atoms with E-state index >= 15 is 0 Å². The molecule has 1 atom stereocenters. The maximum Gasteiger partial charge on any atom is 0.422 e. The Morgan fingerprint density at radius 1 is 1.36 bits per heavy atom. The highest BCUT2D eigenvalue weighted by Gasteiger charge is 2.28. The van der Waals surface area contributed by atoms with Crippen molar-refractivity contribution in [3.8, 4) is 5.88 Å². The lowest BCUT2D eigenvalue weighted by molar-refractivity contribution is -0.154. The molecule has 0 aliphatic carbocycles. The van der Waals surface area contributed by atoms with Gasteiger partial charge < -0.3 is 15.2 Å². The Balaban J connectivity index is 2.54. The number of alkyl halides is 3. The van der Waals surface area contributed by atoms with E-state index in [1.807, 2.05) is 20.8 Å². The van der Waals surface area contributed by atoms with Crippen LogP contribution in [0.25, 0.3) is 0 Å². The summed E-state index contributed by atoms with van der Waals surface area (Å²) in [5.74, 6) is -0.693. The van der Waals surface area contributed by atoms with Crippen LogP contribution < -0.4 is 10.1 Å². The number of pyridine rings is 1. The van der Waals surface area contributed by atoms with Crippen LogP contribution in [0.4, 0.5) is 13.2 Å². The molecule has 1 aromatic heterocycles. The van der Waals surface area contributed by atoms with Crippen LogP contribution in [0.1, 0.15) is 31.1 Å². The largest absolute Gasteiger partial charge is 0.468 e. The minimum atomic E-state index is -4.44. The number of aliphatic hydroxyl groups excluding tert-OH is 1. The minimum Gasteiger partial charge on any atom is -0.468 e. The van der Waals surface area contributed by atoms with Crippen LogP contribution >= 0.6 is 0 Å². The lowest BCUT2D eigenvalue weighted by Gasteiger charge is -2.25. The molecule has 0 aromatic carbocycles. The summed E-state index contributed by atoms with van der Waals surface area (Å²) in [6, 6.07) is 2.48. The Hall–Kier alpha value is -1.83. The first-order valence-electron chi connectivity index (χ1n) is 6.61. The normalized spacial score (nSPS) is 13.6. The average molecular weight is 320 g/mol. The lowest BCUT2D eigenvalue weighted by Crippen LogP contribution is -2.39. The predicted octanol–water partition coefficient (Wildman–Crippen LogP) is 2.16. The van der Waals surface area contributed by atoms with E-state index in [9.17, 15) is 23.1 Å². The Morgan fingerprint density at radius 2 is 2.00 bits per heavy atom. The number of ether oxygens (including phenoxy) is 1. The number of hydrogen-bond acceptors (Lipinski definition) is 4. The fraction of sp³-hybridized carbons (Fsp3) is 0.571. The molecular weight excluding hydrogens is 301 g/mol. The van der Waals surface area contributed by atoms with E-state index in [2.05, 4.69) is 15.0 Å². The highest BCUT2D eigenvalue weighted by Crippen LogP contribution is 2.19. The molecule has 22 heavy (non-hydrogen) atoms.